The molecule has 12 heteroatoms. The van der Waals surface area contributed by atoms with Crippen LogP contribution < -0.4 is 21.7 Å². The van der Waals surface area contributed by atoms with E-state index in [4.69, 9.17) is 11.5 Å². The summed E-state index contributed by atoms with van der Waals surface area (Å²) in [6.07, 6.45) is -2.41. The lowest BCUT2D eigenvalue weighted by Gasteiger charge is -2.24. The van der Waals surface area contributed by atoms with E-state index >= 15 is 0 Å². The molecule has 5 N–H and O–H groups in total. The molecule has 9 nitrogen and oxygen atoms in total. The van der Waals surface area contributed by atoms with Gasteiger partial charge in [-0.1, -0.05) is 0 Å². The van der Waals surface area contributed by atoms with Gasteiger partial charge in [-0.15, -0.1) is 10.2 Å². The molecule has 0 unspecified atom stereocenters. The molecule has 162 valence electrons. The molecule has 1 aromatic carbocycles. The third kappa shape index (κ3) is 4.31. The van der Waals surface area contributed by atoms with Crippen molar-refractivity contribution < 1.29 is 18.0 Å². The molecule has 0 saturated heterocycles. The molecule has 3 rings (SSSR count). The number of rotatable bonds is 4. The predicted molar refractivity (Wildman–Crippen MR) is 108 cm³/mol. The van der Waals surface area contributed by atoms with Crippen molar-refractivity contribution in [2.75, 3.05) is 34.8 Å². The van der Waals surface area contributed by atoms with Gasteiger partial charge in [-0.25, -0.2) is 0 Å². The van der Waals surface area contributed by atoms with E-state index in [1.54, 1.807) is 13.1 Å². The molecular weight excluding hydrogens is 401 g/mol. The van der Waals surface area contributed by atoms with Gasteiger partial charge in [0, 0.05) is 25.8 Å². The Morgan fingerprint density at radius 1 is 1.27 bits per heavy atom. The Balaban J connectivity index is 2.07. The quantitative estimate of drug-likeness (QED) is 0.646. The van der Waals surface area contributed by atoms with Crippen molar-refractivity contribution >= 4 is 40.6 Å². The van der Waals surface area contributed by atoms with E-state index in [0.717, 1.165) is 37.1 Å². The van der Waals surface area contributed by atoms with E-state index in [2.05, 4.69) is 20.1 Å². The first kappa shape index (κ1) is 21.4. The lowest BCUT2D eigenvalue weighted by atomic mass is 10.1. The molecule has 2 aromatic rings. The number of azo groups is 1. The predicted octanol–water partition coefficient (Wildman–Crippen LogP) is 3.66. The summed E-state index contributed by atoms with van der Waals surface area (Å²) in [4.78, 5) is 17.6. The number of nitrogens with two attached hydrogens (primary N) is 2. The van der Waals surface area contributed by atoms with E-state index in [-0.39, 0.29) is 29.0 Å². The van der Waals surface area contributed by atoms with E-state index < -0.39 is 12.1 Å². The van der Waals surface area contributed by atoms with Crippen LogP contribution in [0, 0.1) is 0 Å². The maximum absolute atomic E-state index is 12.8. The molecule has 0 atom stereocenters. The Labute approximate surface area is 171 Å². The summed E-state index contributed by atoms with van der Waals surface area (Å²) in [6, 6.07) is 3.16. The van der Waals surface area contributed by atoms with Crippen LogP contribution in [-0.2, 0) is 18.3 Å². The summed E-state index contributed by atoms with van der Waals surface area (Å²) in [6.45, 7) is 3.43. The first-order valence-electron chi connectivity index (χ1n) is 9.41. The molecule has 30 heavy (non-hydrogen) atoms. The molecule has 2 heterocycles. The van der Waals surface area contributed by atoms with Gasteiger partial charge in [0.25, 0.3) is 5.95 Å². The molecule has 0 fully saturated rings. The number of benzene rings is 1. The smallest absolute Gasteiger partial charge is 0.382 e. The SMILES string of the molecule is CCN1CCCCc2cc(N=Nc3nc(N)c(N)n3C)c(NC(=O)C(F)(F)F)cc21. The highest BCUT2D eigenvalue weighted by atomic mass is 19.4. The van der Waals surface area contributed by atoms with Crippen LogP contribution in [0.2, 0.25) is 0 Å². The molecule has 0 aliphatic carbocycles. The van der Waals surface area contributed by atoms with Crippen molar-refractivity contribution in [3.63, 3.8) is 0 Å². The van der Waals surface area contributed by atoms with Gasteiger partial charge in [-0.3, -0.25) is 9.36 Å². The number of hydrogen-bond acceptors (Lipinski definition) is 7. The summed E-state index contributed by atoms with van der Waals surface area (Å²) in [5.41, 5.74) is 13.1. The Morgan fingerprint density at radius 3 is 2.60 bits per heavy atom. The van der Waals surface area contributed by atoms with Gasteiger partial charge in [-0.05, 0) is 43.9 Å². The van der Waals surface area contributed by atoms with Crippen LogP contribution in [-0.4, -0.2) is 34.7 Å². The highest BCUT2D eigenvalue weighted by Crippen LogP contribution is 2.38. The molecule has 1 aliphatic rings. The van der Waals surface area contributed by atoms with Gasteiger partial charge in [0.1, 0.15) is 11.5 Å². The number of imidazole rings is 1. The van der Waals surface area contributed by atoms with Gasteiger partial charge in [0.05, 0.1) is 5.69 Å². The Kier molecular flexibility index (Phi) is 5.85. The number of carbonyl (C=O) groups is 1. The summed E-state index contributed by atoms with van der Waals surface area (Å²) in [5.74, 6) is -1.74. The molecule has 1 aliphatic heterocycles. The Morgan fingerprint density at radius 2 is 2.00 bits per heavy atom. The van der Waals surface area contributed by atoms with Crippen LogP contribution in [0.4, 0.5) is 47.8 Å². The minimum atomic E-state index is -5.03. The average Bonchev–Trinajstić information content (AvgIpc) is 2.85. The van der Waals surface area contributed by atoms with Gasteiger partial charge in [0.2, 0.25) is 0 Å². The fourth-order valence-corrected chi connectivity index (χ4v) is 3.27. The number of nitrogens with zero attached hydrogens (tertiary/aromatic N) is 5. The number of fused-ring (bicyclic) bond motifs is 1. The number of carbonyl (C=O) groups excluding carboxylic acids is 1. The van der Waals surface area contributed by atoms with Crippen molar-refractivity contribution in [2.24, 2.45) is 17.3 Å². The molecule has 0 spiro atoms. The van der Waals surface area contributed by atoms with Crippen molar-refractivity contribution in [2.45, 2.75) is 32.4 Å². The highest BCUT2D eigenvalue weighted by molar-refractivity contribution is 5.98. The number of hydrogen-bond donors (Lipinski definition) is 3. The molecule has 0 saturated carbocycles. The second kappa shape index (κ2) is 8.20. The van der Waals surface area contributed by atoms with Crippen molar-refractivity contribution in [3.05, 3.63) is 17.7 Å². The molecule has 0 radical (unpaired) electrons. The summed E-state index contributed by atoms with van der Waals surface area (Å²) in [5, 5.41) is 9.93. The fourth-order valence-electron chi connectivity index (χ4n) is 3.27. The third-order valence-electron chi connectivity index (χ3n) is 4.94. The van der Waals surface area contributed by atoms with Gasteiger partial charge >= 0.3 is 12.1 Å². The van der Waals surface area contributed by atoms with E-state index in [9.17, 15) is 18.0 Å². The number of halogens is 3. The van der Waals surface area contributed by atoms with E-state index in [0.29, 0.717) is 6.54 Å². The van der Waals surface area contributed by atoms with Gasteiger partial charge < -0.3 is 21.7 Å². The number of nitrogens with one attached hydrogen (secondary N) is 1. The topological polar surface area (TPSA) is 127 Å². The highest BCUT2D eigenvalue weighted by Gasteiger charge is 2.39. The third-order valence-corrected chi connectivity index (χ3v) is 4.94. The number of aromatic nitrogens is 2. The average molecular weight is 424 g/mol. The van der Waals surface area contributed by atoms with Crippen LogP contribution >= 0.6 is 0 Å². The van der Waals surface area contributed by atoms with Crippen LogP contribution in [0.15, 0.2) is 22.4 Å². The standard InChI is InChI=1S/C18H23F3N8O/c1-3-29-7-5-4-6-10-8-12(26-27-17-25-14(22)15(23)28(17)2)11(9-13(10)29)24-16(30)18(19,20)21/h8-9H,3-7,22-23H2,1-2H3,(H,24,30). The van der Waals surface area contributed by atoms with Gasteiger partial charge in [0.15, 0.2) is 5.82 Å². The fraction of sp³-hybridized carbons (Fsp3) is 0.444. The van der Waals surface area contributed by atoms with Gasteiger partial charge in [-0.2, -0.15) is 18.2 Å². The first-order chi connectivity index (χ1) is 14.1. The largest absolute Gasteiger partial charge is 0.471 e. The number of aryl methyl sites for hydroxylation is 1. The summed E-state index contributed by atoms with van der Waals surface area (Å²) < 4.78 is 39.9. The monoisotopic (exact) mass is 424 g/mol. The molecule has 1 amide bonds. The zero-order valence-corrected chi connectivity index (χ0v) is 16.6. The van der Waals surface area contributed by atoms with Crippen LogP contribution in [0.25, 0.3) is 0 Å². The van der Waals surface area contributed by atoms with Crippen LogP contribution in [0.5, 0.6) is 0 Å². The number of alkyl halides is 3. The lowest BCUT2D eigenvalue weighted by molar-refractivity contribution is -0.167. The second-order valence-corrected chi connectivity index (χ2v) is 6.93. The maximum Gasteiger partial charge on any atom is 0.471 e. The number of anilines is 4. The zero-order valence-electron chi connectivity index (χ0n) is 16.6. The van der Waals surface area contributed by atoms with Crippen molar-refractivity contribution in [1.82, 2.24) is 9.55 Å². The maximum atomic E-state index is 12.8. The normalized spacial score (nSPS) is 14.6. The lowest BCUT2D eigenvalue weighted by Crippen LogP contribution is -2.30. The van der Waals surface area contributed by atoms with E-state index in [1.807, 2.05) is 12.2 Å². The summed E-state index contributed by atoms with van der Waals surface area (Å²) >= 11 is 0. The first-order valence-corrected chi connectivity index (χ1v) is 9.41. The summed E-state index contributed by atoms with van der Waals surface area (Å²) in [7, 11) is 1.58. The second-order valence-electron chi connectivity index (χ2n) is 6.93. The van der Waals surface area contributed by atoms with Crippen LogP contribution in [0.3, 0.4) is 0 Å². The molecule has 1 aromatic heterocycles. The molecular formula is C18H23F3N8O. The Hall–Kier alpha value is -3.31. The van der Waals surface area contributed by atoms with E-state index in [1.165, 1.54) is 10.6 Å². The zero-order chi connectivity index (χ0) is 22.1. The minimum absolute atomic E-state index is 0.0672. The molecule has 0 bridgehead atoms. The Bertz CT molecular complexity index is 983. The number of nitrogen functional groups attached to an aromatic ring is 2. The minimum Gasteiger partial charge on any atom is -0.382 e. The number of amides is 1. The van der Waals surface area contributed by atoms with Crippen molar-refractivity contribution in [1.29, 1.82) is 0 Å². The van der Waals surface area contributed by atoms with Crippen LogP contribution in [0.1, 0.15) is 25.3 Å². The van der Waals surface area contributed by atoms with Crippen molar-refractivity contribution in [3.8, 4) is 0 Å².